The lowest BCUT2D eigenvalue weighted by atomic mass is 10.0. The van der Waals surface area contributed by atoms with Crippen molar-refractivity contribution < 1.29 is 4.42 Å². The number of benzene rings is 9. The van der Waals surface area contributed by atoms with Crippen molar-refractivity contribution in [2.45, 2.75) is 0 Å². The molecule has 4 aromatic heterocycles. The van der Waals surface area contributed by atoms with Crippen molar-refractivity contribution in [1.29, 1.82) is 0 Å². The molecule has 0 saturated carbocycles. The highest BCUT2D eigenvalue weighted by molar-refractivity contribution is 6.31. The minimum Gasteiger partial charge on any atom is -0.456 e. The molecule has 6 heteroatoms. The zero-order valence-corrected chi connectivity index (χ0v) is 32.7. The highest BCUT2D eigenvalue weighted by Crippen LogP contribution is 2.44. The zero-order chi connectivity index (χ0) is 40.0. The van der Waals surface area contributed by atoms with Crippen molar-refractivity contribution in [3.05, 3.63) is 200 Å². The third-order valence-corrected chi connectivity index (χ3v) is 12.2. The van der Waals surface area contributed by atoms with Gasteiger partial charge in [-0.2, -0.15) is 9.97 Å². The van der Waals surface area contributed by atoms with Crippen LogP contribution in [-0.4, -0.2) is 24.1 Å². The Kier molecular flexibility index (Phi) is 7.21. The fourth-order valence-electron chi connectivity index (χ4n) is 9.42. The van der Waals surface area contributed by atoms with Crippen LogP contribution in [0.5, 0.6) is 0 Å². The molecular weight excluding hydrogens is 747 g/mol. The van der Waals surface area contributed by atoms with E-state index in [9.17, 15) is 0 Å². The van der Waals surface area contributed by atoms with Gasteiger partial charge >= 0.3 is 0 Å². The first-order chi connectivity index (χ1) is 30.2. The average molecular weight is 780 g/mol. The second-order valence-corrected chi connectivity index (χ2v) is 15.6. The first-order valence-electron chi connectivity index (χ1n) is 20.5. The van der Waals surface area contributed by atoms with Crippen molar-refractivity contribution in [2.75, 3.05) is 0 Å². The molecule has 0 aliphatic heterocycles. The first-order valence-corrected chi connectivity index (χ1v) is 20.5. The minimum atomic E-state index is 0.541. The number of aromatic nitrogens is 5. The van der Waals surface area contributed by atoms with Gasteiger partial charge in [0.05, 0.1) is 22.1 Å². The zero-order valence-electron chi connectivity index (χ0n) is 32.7. The van der Waals surface area contributed by atoms with Crippen molar-refractivity contribution in [3.8, 4) is 45.5 Å². The molecule has 0 aliphatic carbocycles. The van der Waals surface area contributed by atoms with Crippen molar-refractivity contribution >= 4 is 76.3 Å². The number of para-hydroxylation sites is 3. The highest BCUT2D eigenvalue weighted by Gasteiger charge is 2.24. The normalized spacial score (nSPS) is 11.9. The van der Waals surface area contributed by atoms with Crippen LogP contribution in [0, 0.1) is 0 Å². The van der Waals surface area contributed by atoms with E-state index in [0.717, 1.165) is 77.2 Å². The summed E-state index contributed by atoms with van der Waals surface area (Å²) in [6.45, 7) is 0. The van der Waals surface area contributed by atoms with E-state index < -0.39 is 0 Å². The van der Waals surface area contributed by atoms with Crippen LogP contribution < -0.4 is 0 Å². The highest BCUT2D eigenvalue weighted by atomic mass is 16.3. The molecule has 4 heterocycles. The fourth-order valence-corrected chi connectivity index (χ4v) is 9.42. The van der Waals surface area contributed by atoms with E-state index in [2.05, 4.69) is 185 Å². The summed E-state index contributed by atoms with van der Waals surface area (Å²) in [5, 5.41) is 9.22. The molecule has 0 amide bonds. The molecule has 0 radical (unpaired) electrons. The Balaban J connectivity index is 1.10. The second-order valence-electron chi connectivity index (χ2n) is 15.6. The molecule has 0 saturated heterocycles. The Morgan fingerprint density at radius 1 is 0.344 bits per heavy atom. The summed E-state index contributed by atoms with van der Waals surface area (Å²) in [5.74, 6) is 1.69. The molecule has 0 N–H and O–H groups in total. The fraction of sp³-hybridized carbons (Fsp3) is 0. The third kappa shape index (κ3) is 5.12. The molecule has 9 aromatic carbocycles. The molecule has 0 aliphatic rings. The Bertz CT molecular complexity index is 3860. The van der Waals surface area contributed by atoms with Gasteiger partial charge in [0.1, 0.15) is 11.2 Å². The van der Waals surface area contributed by atoms with Crippen LogP contribution in [0.15, 0.2) is 205 Å². The molecule has 0 spiro atoms. The van der Waals surface area contributed by atoms with Gasteiger partial charge in [-0.1, -0.05) is 152 Å². The van der Waals surface area contributed by atoms with Gasteiger partial charge < -0.3 is 8.98 Å². The quantitative estimate of drug-likeness (QED) is 0.175. The summed E-state index contributed by atoms with van der Waals surface area (Å²) in [6.07, 6.45) is 0. The molecule has 61 heavy (non-hydrogen) atoms. The lowest BCUT2D eigenvalue weighted by molar-refractivity contribution is 0.669. The van der Waals surface area contributed by atoms with Crippen LogP contribution in [0.25, 0.3) is 122 Å². The number of nitrogens with zero attached hydrogens (tertiary/aromatic N) is 5. The second kappa shape index (κ2) is 13.1. The molecule has 0 fully saturated rings. The summed E-state index contributed by atoms with van der Waals surface area (Å²) >= 11 is 0. The van der Waals surface area contributed by atoms with E-state index in [4.69, 9.17) is 19.4 Å². The smallest absolute Gasteiger partial charge is 0.238 e. The van der Waals surface area contributed by atoms with E-state index in [1.165, 1.54) is 27.1 Å². The number of hydrogen-bond acceptors (Lipinski definition) is 4. The Hall–Kier alpha value is -8.35. The largest absolute Gasteiger partial charge is 0.456 e. The van der Waals surface area contributed by atoms with Crippen molar-refractivity contribution in [1.82, 2.24) is 24.1 Å². The van der Waals surface area contributed by atoms with Gasteiger partial charge in [-0.15, -0.1) is 0 Å². The maximum atomic E-state index is 6.36. The SMILES string of the molecule is c1ccc(-c2ccc(-c3nc(-c4ccc5c(c4)oc4ccccc45)nc(-n4c5ccccc5c5c6c7ccc8ccccc8c7n(-c7ccccc7)c6ccc54)n3)cc2)cc1. The average Bonchev–Trinajstić information content (AvgIpc) is 3.99. The topological polar surface area (TPSA) is 61.7 Å². The molecule has 284 valence electrons. The number of rotatable bonds is 5. The predicted octanol–water partition coefficient (Wildman–Crippen LogP) is 14.1. The van der Waals surface area contributed by atoms with Gasteiger partial charge in [0.15, 0.2) is 11.6 Å². The van der Waals surface area contributed by atoms with Gasteiger partial charge in [-0.25, -0.2) is 4.98 Å². The Labute approximate surface area is 349 Å². The molecule has 13 aromatic rings. The maximum Gasteiger partial charge on any atom is 0.238 e. The van der Waals surface area contributed by atoms with Crippen LogP contribution in [0.1, 0.15) is 0 Å². The first kappa shape index (κ1) is 33.6. The standard InChI is InChI=1S/C55H33N5O/c1-3-13-34(14-4-1)35-23-25-37(26-24-35)53-56-54(38-28-29-42-41-19-10-12-22-48(41)61-49(42)33-38)58-55(57-53)60-45-21-11-9-20-43(45)50-47(60)32-31-46-51(50)44-30-27-36-15-7-8-18-40(36)52(44)59(46)39-16-5-2-6-17-39/h1-33H. The summed E-state index contributed by atoms with van der Waals surface area (Å²) < 4.78 is 11.0. The number of hydrogen-bond donors (Lipinski definition) is 0. The van der Waals surface area contributed by atoms with E-state index >= 15 is 0 Å². The third-order valence-electron chi connectivity index (χ3n) is 12.2. The van der Waals surface area contributed by atoms with Crippen LogP contribution in [0.2, 0.25) is 0 Å². The predicted molar refractivity (Wildman–Crippen MR) is 250 cm³/mol. The van der Waals surface area contributed by atoms with Gasteiger partial charge in [0.25, 0.3) is 0 Å². The molecule has 0 unspecified atom stereocenters. The van der Waals surface area contributed by atoms with Crippen LogP contribution in [0.4, 0.5) is 0 Å². The molecular formula is C55H33N5O. The Morgan fingerprint density at radius 3 is 1.74 bits per heavy atom. The number of furan rings is 1. The van der Waals surface area contributed by atoms with Crippen LogP contribution >= 0.6 is 0 Å². The maximum absolute atomic E-state index is 6.36. The van der Waals surface area contributed by atoms with Gasteiger partial charge in [0.2, 0.25) is 5.95 Å². The molecule has 6 nitrogen and oxygen atoms in total. The van der Waals surface area contributed by atoms with Gasteiger partial charge in [0, 0.05) is 54.5 Å². The van der Waals surface area contributed by atoms with Gasteiger partial charge in [-0.05, 0) is 65.0 Å². The van der Waals surface area contributed by atoms with E-state index in [1.54, 1.807) is 0 Å². The van der Waals surface area contributed by atoms with E-state index in [0.29, 0.717) is 17.6 Å². The summed E-state index contributed by atoms with van der Waals surface area (Å²) in [4.78, 5) is 15.8. The monoisotopic (exact) mass is 779 g/mol. The molecule has 0 bridgehead atoms. The molecule has 13 rings (SSSR count). The summed E-state index contributed by atoms with van der Waals surface area (Å²) in [5.41, 5.74) is 11.1. The Morgan fingerprint density at radius 2 is 0.918 bits per heavy atom. The van der Waals surface area contributed by atoms with E-state index in [1.807, 2.05) is 24.3 Å². The van der Waals surface area contributed by atoms with Crippen molar-refractivity contribution in [2.24, 2.45) is 0 Å². The van der Waals surface area contributed by atoms with Crippen LogP contribution in [-0.2, 0) is 0 Å². The van der Waals surface area contributed by atoms with Gasteiger partial charge in [-0.3, -0.25) is 4.57 Å². The summed E-state index contributed by atoms with van der Waals surface area (Å²) in [7, 11) is 0. The lowest BCUT2D eigenvalue weighted by Gasteiger charge is -2.12. The minimum absolute atomic E-state index is 0.541. The lowest BCUT2D eigenvalue weighted by Crippen LogP contribution is -2.06. The summed E-state index contributed by atoms with van der Waals surface area (Å²) in [6, 6.07) is 70.3. The number of fused-ring (bicyclic) bond motifs is 12. The molecule has 0 atom stereocenters. The van der Waals surface area contributed by atoms with Crippen LogP contribution in [0.3, 0.4) is 0 Å². The van der Waals surface area contributed by atoms with Crippen molar-refractivity contribution in [3.63, 3.8) is 0 Å². The van der Waals surface area contributed by atoms with E-state index in [-0.39, 0.29) is 0 Å².